The molecule has 4 nitrogen and oxygen atoms in total. The van der Waals surface area contributed by atoms with Gasteiger partial charge < -0.3 is 15.0 Å². The summed E-state index contributed by atoms with van der Waals surface area (Å²) in [7, 11) is 1.48. The van der Waals surface area contributed by atoms with Gasteiger partial charge in [-0.1, -0.05) is 11.2 Å². The molecule has 0 aliphatic rings. The van der Waals surface area contributed by atoms with Crippen LogP contribution in [0.4, 0.5) is 10.3 Å². The SMILES string of the molecule is COc1c(C)ccc(F)c1-c1cc(N)on1. The summed E-state index contributed by atoms with van der Waals surface area (Å²) < 4.78 is 23.6. The third-order valence-corrected chi connectivity index (χ3v) is 2.29. The van der Waals surface area contributed by atoms with Crippen molar-refractivity contribution in [3.63, 3.8) is 0 Å². The molecule has 1 heterocycles. The first-order valence-electron chi connectivity index (χ1n) is 4.69. The number of methoxy groups -OCH3 is 1. The summed E-state index contributed by atoms with van der Waals surface area (Å²) in [6.07, 6.45) is 0. The monoisotopic (exact) mass is 222 g/mol. The van der Waals surface area contributed by atoms with Gasteiger partial charge in [-0.15, -0.1) is 0 Å². The molecule has 2 aromatic rings. The first-order chi connectivity index (χ1) is 7.63. The quantitative estimate of drug-likeness (QED) is 0.847. The number of nitrogens with two attached hydrogens (primary N) is 1. The van der Waals surface area contributed by atoms with E-state index < -0.39 is 5.82 Å². The minimum Gasteiger partial charge on any atom is -0.496 e. The lowest BCUT2D eigenvalue weighted by Gasteiger charge is -2.09. The van der Waals surface area contributed by atoms with E-state index in [2.05, 4.69) is 5.16 Å². The fourth-order valence-electron chi connectivity index (χ4n) is 1.57. The number of hydrogen-bond acceptors (Lipinski definition) is 4. The van der Waals surface area contributed by atoms with Crippen molar-refractivity contribution in [3.8, 4) is 17.0 Å². The second-order valence-electron chi connectivity index (χ2n) is 3.39. The van der Waals surface area contributed by atoms with E-state index in [-0.39, 0.29) is 11.4 Å². The van der Waals surface area contributed by atoms with E-state index in [1.807, 2.05) is 6.92 Å². The minimum atomic E-state index is -0.421. The molecule has 1 aromatic carbocycles. The number of aryl methyl sites for hydroxylation is 1. The summed E-state index contributed by atoms with van der Waals surface area (Å²) in [6, 6.07) is 4.46. The van der Waals surface area contributed by atoms with Crippen LogP contribution in [0.2, 0.25) is 0 Å². The molecule has 0 fully saturated rings. The highest BCUT2D eigenvalue weighted by molar-refractivity contribution is 5.70. The average Bonchev–Trinajstić information content (AvgIpc) is 2.67. The topological polar surface area (TPSA) is 61.3 Å². The van der Waals surface area contributed by atoms with Crippen molar-refractivity contribution in [2.24, 2.45) is 0 Å². The molecule has 0 unspecified atom stereocenters. The predicted octanol–water partition coefficient (Wildman–Crippen LogP) is 2.38. The van der Waals surface area contributed by atoms with Gasteiger partial charge in [-0.05, 0) is 18.6 Å². The molecule has 0 amide bonds. The lowest BCUT2D eigenvalue weighted by atomic mass is 10.1. The Hall–Kier alpha value is -2.04. The predicted molar refractivity (Wildman–Crippen MR) is 57.6 cm³/mol. The number of anilines is 1. The Balaban J connectivity index is 2.67. The van der Waals surface area contributed by atoms with Crippen LogP contribution in [0.1, 0.15) is 5.56 Å². The Morgan fingerprint density at radius 2 is 2.19 bits per heavy atom. The number of rotatable bonds is 2. The molecule has 0 spiro atoms. The van der Waals surface area contributed by atoms with Gasteiger partial charge in [0.05, 0.1) is 12.7 Å². The Labute approximate surface area is 91.8 Å². The molecule has 84 valence electrons. The maximum absolute atomic E-state index is 13.7. The van der Waals surface area contributed by atoms with Crippen LogP contribution in [-0.4, -0.2) is 12.3 Å². The van der Waals surface area contributed by atoms with Crippen molar-refractivity contribution >= 4 is 5.88 Å². The summed E-state index contributed by atoms with van der Waals surface area (Å²) in [5.74, 6) is 0.155. The number of nitrogens with zero attached hydrogens (tertiary/aromatic N) is 1. The average molecular weight is 222 g/mol. The van der Waals surface area contributed by atoms with Gasteiger partial charge in [0, 0.05) is 6.07 Å². The fourth-order valence-corrected chi connectivity index (χ4v) is 1.57. The zero-order chi connectivity index (χ0) is 11.7. The summed E-state index contributed by atoms with van der Waals surface area (Å²) in [6.45, 7) is 1.82. The van der Waals surface area contributed by atoms with Crippen molar-refractivity contribution in [2.45, 2.75) is 6.92 Å². The molecule has 0 aliphatic heterocycles. The van der Waals surface area contributed by atoms with E-state index in [1.165, 1.54) is 19.2 Å². The van der Waals surface area contributed by atoms with Gasteiger partial charge in [-0.3, -0.25) is 0 Å². The molecule has 0 bridgehead atoms. The third-order valence-electron chi connectivity index (χ3n) is 2.29. The lowest BCUT2D eigenvalue weighted by Crippen LogP contribution is -1.94. The van der Waals surface area contributed by atoms with Crippen molar-refractivity contribution in [3.05, 3.63) is 29.6 Å². The summed E-state index contributed by atoms with van der Waals surface area (Å²) >= 11 is 0. The Morgan fingerprint density at radius 1 is 1.44 bits per heavy atom. The second-order valence-corrected chi connectivity index (χ2v) is 3.39. The largest absolute Gasteiger partial charge is 0.496 e. The van der Waals surface area contributed by atoms with E-state index in [4.69, 9.17) is 15.0 Å². The van der Waals surface area contributed by atoms with E-state index in [0.717, 1.165) is 5.56 Å². The smallest absolute Gasteiger partial charge is 0.222 e. The molecule has 2 N–H and O–H groups in total. The van der Waals surface area contributed by atoms with Crippen LogP contribution < -0.4 is 10.5 Å². The van der Waals surface area contributed by atoms with E-state index in [1.54, 1.807) is 6.07 Å². The number of halogens is 1. The van der Waals surface area contributed by atoms with Gasteiger partial charge >= 0.3 is 0 Å². The molecular formula is C11H11FN2O2. The zero-order valence-corrected chi connectivity index (χ0v) is 8.95. The van der Waals surface area contributed by atoms with Crippen molar-refractivity contribution in [1.29, 1.82) is 0 Å². The maximum Gasteiger partial charge on any atom is 0.222 e. The fraction of sp³-hybridized carbons (Fsp3) is 0.182. The van der Waals surface area contributed by atoms with Gasteiger partial charge in [-0.2, -0.15) is 0 Å². The van der Waals surface area contributed by atoms with Gasteiger partial charge in [0.2, 0.25) is 5.88 Å². The number of hydrogen-bond donors (Lipinski definition) is 1. The molecule has 0 radical (unpaired) electrons. The van der Waals surface area contributed by atoms with Crippen LogP contribution in [0.15, 0.2) is 22.7 Å². The summed E-state index contributed by atoms with van der Waals surface area (Å²) in [5, 5.41) is 3.68. The minimum absolute atomic E-state index is 0.137. The van der Waals surface area contributed by atoms with Crippen LogP contribution >= 0.6 is 0 Å². The van der Waals surface area contributed by atoms with Gasteiger partial charge in [-0.25, -0.2) is 4.39 Å². The van der Waals surface area contributed by atoms with Crippen molar-refractivity contribution < 1.29 is 13.7 Å². The first-order valence-corrected chi connectivity index (χ1v) is 4.69. The first kappa shape index (κ1) is 10.5. The molecule has 1 aromatic heterocycles. The van der Waals surface area contributed by atoms with Crippen molar-refractivity contribution in [1.82, 2.24) is 5.16 Å². The maximum atomic E-state index is 13.7. The number of nitrogen functional groups attached to an aromatic ring is 1. The normalized spacial score (nSPS) is 10.4. The second kappa shape index (κ2) is 3.84. The molecule has 0 atom stereocenters. The summed E-state index contributed by atoms with van der Waals surface area (Å²) in [5.41, 5.74) is 6.82. The standard InChI is InChI=1S/C11H11FN2O2/c1-6-3-4-7(12)10(11(6)15-2)8-5-9(13)16-14-8/h3-5H,13H2,1-2H3. The van der Waals surface area contributed by atoms with E-state index in [9.17, 15) is 4.39 Å². The highest BCUT2D eigenvalue weighted by atomic mass is 19.1. The Bertz CT molecular complexity index is 523. The van der Waals surface area contributed by atoms with Crippen LogP contribution in [0.3, 0.4) is 0 Å². The van der Waals surface area contributed by atoms with Crippen LogP contribution in [-0.2, 0) is 0 Å². The van der Waals surface area contributed by atoms with Gasteiger partial charge in [0.25, 0.3) is 0 Å². The molecular weight excluding hydrogens is 211 g/mol. The molecule has 5 heteroatoms. The molecule has 2 rings (SSSR count). The Morgan fingerprint density at radius 3 is 2.75 bits per heavy atom. The zero-order valence-electron chi connectivity index (χ0n) is 8.95. The molecule has 0 aliphatic carbocycles. The third kappa shape index (κ3) is 1.60. The van der Waals surface area contributed by atoms with E-state index in [0.29, 0.717) is 11.4 Å². The number of benzene rings is 1. The summed E-state index contributed by atoms with van der Waals surface area (Å²) in [4.78, 5) is 0. The number of aromatic nitrogens is 1. The highest BCUT2D eigenvalue weighted by Crippen LogP contribution is 2.35. The van der Waals surface area contributed by atoms with Crippen LogP contribution in [0, 0.1) is 12.7 Å². The number of ether oxygens (including phenoxy) is 1. The molecule has 0 saturated heterocycles. The lowest BCUT2D eigenvalue weighted by molar-refractivity contribution is 0.407. The van der Waals surface area contributed by atoms with Gasteiger partial charge in [0.15, 0.2) is 0 Å². The van der Waals surface area contributed by atoms with Crippen LogP contribution in [0.25, 0.3) is 11.3 Å². The Kier molecular flexibility index (Phi) is 2.52. The van der Waals surface area contributed by atoms with Crippen LogP contribution in [0.5, 0.6) is 5.75 Å². The molecule has 16 heavy (non-hydrogen) atoms. The highest BCUT2D eigenvalue weighted by Gasteiger charge is 2.17. The van der Waals surface area contributed by atoms with Gasteiger partial charge in [0.1, 0.15) is 17.3 Å². The van der Waals surface area contributed by atoms with E-state index >= 15 is 0 Å². The van der Waals surface area contributed by atoms with Crippen molar-refractivity contribution in [2.75, 3.05) is 12.8 Å². The molecule has 0 saturated carbocycles.